The maximum atomic E-state index is 10.1. The smallest absolute Gasteiger partial charge is 0.449 e. The van der Waals surface area contributed by atoms with E-state index in [-0.39, 0.29) is 4.80 Å². The van der Waals surface area contributed by atoms with Crippen LogP contribution < -0.4 is 0 Å². The third kappa shape index (κ3) is 1.31. The van der Waals surface area contributed by atoms with Crippen LogP contribution in [0, 0.1) is 0 Å². The highest BCUT2D eigenvalue weighted by atomic mass is 16.4. The van der Waals surface area contributed by atoms with E-state index in [0.717, 1.165) is 6.20 Å². The van der Waals surface area contributed by atoms with E-state index in [1.54, 1.807) is 0 Å². The Morgan fingerprint density at radius 3 is 2.36 bits per heavy atom. The van der Waals surface area contributed by atoms with Gasteiger partial charge in [0.15, 0.2) is 5.69 Å². The summed E-state index contributed by atoms with van der Waals surface area (Å²) in [5.41, 5.74) is -0.396. The molecule has 2 N–H and O–H groups in total. The van der Waals surface area contributed by atoms with E-state index in [4.69, 9.17) is 10.2 Å². The molecule has 1 aromatic rings. The van der Waals surface area contributed by atoms with Crippen LogP contribution in [0.3, 0.4) is 0 Å². The molecule has 0 amide bonds. The molecule has 0 radical (unpaired) electrons. The molecule has 0 aliphatic rings. The topological polar surface area (TPSA) is 105 Å². The molecule has 0 fully saturated rings. The van der Waals surface area contributed by atoms with Crippen molar-refractivity contribution in [2.45, 2.75) is 0 Å². The monoisotopic (exact) mass is 157 g/mol. The number of rotatable bonds is 1. The Bertz CT molecular complexity index is 276. The molecular formula is C4H3N3O4. The average Bonchev–Trinajstić information content (AvgIpc) is 2.33. The molecule has 0 spiro atoms. The lowest BCUT2D eigenvalue weighted by Gasteiger charge is -1.84. The summed E-state index contributed by atoms with van der Waals surface area (Å²) in [5.74, 6) is -1.31. The first-order valence-electron chi connectivity index (χ1n) is 2.50. The van der Waals surface area contributed by atoms with Crippen molar-refractivity contribution in [3.8, 4) is 0 Å². The Morgan fingerprint density at radius 1 is 1.45 bits per heavy atom. The minimum Gasteiger partial charge on any atom is -0.476 e. The van der Waals surface area contributed by atoms with Gasteiger partial charge in [-0.15, -0.1) is 5.10 Å². The van der Waals surface area contributed by atoms with Crippen molar-refractivity contribution >= 4 is 12.1 Å². The van der Waals surface area contributed by atoms with Crippen LogP contribution in [0.1, 0.15) is 10.5 Å². The Kier molecular flexibility index (Phi) is 1.55. The quantitative estimate of drug-likeness (QED) is 0.569. The van der Waals surface area contributed by atoms with Gasteiger partial charge in [0, 0.05) is 0 Å². The van der Waals surface area contributed by atoms with E-state index in [9.17, 15) is 9.59 Å². The summed E-state index contributed by atoms with van der Waals surface area (Å²) in [6.45, 7) is 0. The molecule has 7 heteroatoms. The first-order chi connectivity index (χ1) is 5.11. The molecule has 1 aromatic heterocycles. The van der Waals surface area contributed by atoms with E-state index in [0.29, 0.717) is 0 Å². The van der Waals surface area contributed by atoms with Gasteiger partial charge in [-0.05, 0) is 0 Å². The standard InChI is InChI=1S/C4H3N3O4/c8-3(9)2-1-5-7(6-2)4(10)11/h1H,(H,8,9)(H,10,11). The number of carbonyl (C=O) groups is 2. The highest BCUT2D eigenvalue weighted by molar-refractivity contribution is 5.85. The minimum atomic E-state index is -1.42. The first kappa shape index (κ1) is 7.19. The number of hydrogen-bond acceptors (Lipinski definition) is 4. The van der Waals surface area contributed by atoms with Crippen LogP contribution in [0.15, 0.2) is 6.20 Å². The lowest BCUT2D eigenvalue weighted by Crippen LogP contribution is -2.12. The van der Waals surface area contributed by atoms with Gasteiger partial charge in [-0.1, -0.05) is 4.80 Å². The molecule has 7 nitrogen and oxygen atoms in total. The van der Waals surface area contributed by atoms with Gasteiger partial charge in [0.1, 0.15) is 0 Å². The molecule has 58 valence electrons. The average molecular weight is 157 g/mol. The van der Waals surface area contributed by atoms with Crippen LogP contribution in [0.4, 0.5) is 4.79 Å². The molecule has 0 aliphatic heterocycles. The Hall–Kier alpha value is -1.92. The third-order valence-corrected chi connectivity index (χ3v) is 0.882. The van der Waals surface area contributed by atoms with Crippen LogP contribution >= 0.6 is 0 Å². The minimum absolute atomic E-state index is 0.281. The largest absolute Gasteiger partial charge is 0.476 e. The van der Waals surface area contributed by atoms with Crippen molar-refractivity contribution in [3.63, 3.8) is 0 Å². The highest BCUT2D eigenvalue weighted by Crippen LogP contribution is 1.89. The van der Waals surface area contributed by atoms with Crippen LogP contribution in [0.2, 0.25) is 0 Å². The zero-order chi connectivity index (χ0) is 8.43. The van der Waals surface area contributed by atoms with Gasteiger partial charge in [-0.2, -0.15) is 5.10 Å². The normalized spacial score (nSPS) is 9.45. The van der Waals surface area contributed by atoms with Crippen molar-refractivity contribution in [1.29, 1.82) is 0 Å². The second kappa shape index (κ2) is 2.37. The number of hydrogen-bond donors (Lipinski definition) is 2. The zero-order valence-electron chi connectivity index (χ0n) is 5.13. The van der Waals surface area contributed by atoms with Crippen molar-refractivity contribution in [3.05, 3.63) is 11.9 Å². The lowest BCUT2D eigenvalue weighted by atomic mass is 10.5. The molecular weight excluding hydrogens is 154 g/mol. The number of aromatic nitrogens is 3. The zero-order valence-corrected chi connectivity index (χ0v) is 5.13. The van der Waals surface area contributed by atoms with Crippen molar-refractivity contribution in [2.75, 3.05) is 0 Å². The molecule has 0 atom stereocenters. The molecule has 0 saturated heterocycles. The summed E-state index contributed by atoms with van der Waals surface area (Å²) >= 11 is 0. The van der Waals surface area contributed by atoms with Gasteiger partial charge in [0.2, 0.25) is 0 Å². The Labute approximate surface area is 59.9 Å². The molecule has 0 saturated carbocycles. The molecule has 1 rings (SSSR count). The van der Waals surface area contributed by atoms with Crippen molar-refractivity contribution in [1.82, 2.24) is 15.0 Å². The summed E-state index contributed by atoms with van der Waals surface area (Å²) in [6.07, 6.45) is -0.561. The number of aromatic carboxylic acids is 1. The van der Waals surface area contributed by atoms with Crippen LogP contribution in [0.5, 0.6) is 0 Å². The van der Waals surface area contributed by atoms with Gasteiger partial charge in [0.25, 0.3) is 0 Å². The molecule has 0 unspecified atom stereocenters. The maximum absolute atomic E-state index is 10.1. The number of carboxylic acids is 1. The first-order valence-corrected chi connectivity index (χ1v) is 2.50. The fraction of sp³-hybridized carbons (Fsp3) is 0. The van der Waals surface area contributed by atoms with E-state index in [2.05, 4.69) is 10.2 Å². The molecule has 0 aliphatic carbocycles. The summed E-state index contributed by atoms with van der Waals surface area (Å²) < 4.78 is 0. The third-order valence-electron chi connectivity index (χ3n) is 0.882. The molecule has 0 aromatic carbocycles. The van der Waals surface area contributed by atoms with E-state index in [1.165, 1.54) is 0 Å². The fourth-order valence-corrected chi connectivity index (χ4v) is 0.453. The second-order valence-corrected chi connectivity index (χ2v) is 1.61. The van der Waals surface area contributed by atoms with E-state index < -0.39 is 17.8 Å². The Balaban J connectivity index is 2.99. The van der Waals surface area contributed by atoms with Gasteiger partial charge in [-0.3, -0.25) is 0 Å². The fourth-order valence-electron chi connectivity index (χ4n) is 0.453. The lowest BCUT2D eigenvalue weighted by molar-refractivity contribution is 0.0690. The summed E-state index contributed by atoms with van der Waals surface area (Å²) in [7, 11) is 0. The maximum Gasteiger partial charge on any atom is 0.449 e. The number of carboxylic acid groups (broad SMARTS) is 2. The molecule has 0 bridgehead atoms. The van der Waals surface area contributed by atoms with Gasteiger partial charge in [0.05, 0.1) is 6.20 Å². The Morgan fingerprint density at radius 2 is 2.09 bits per heavy atom. The van der Waals surface area contributed by atoms with Gasteiger partial charge >= 0.3 is 12.1 Å². The predicted octanol–water partition coefficient (Wildman–Crippen LogP) is -0.498. The molecule has 1 heterocycles. The highest BCUT2D eigenvalue weighted by Gasteiger charge is 2.10. The number of nitrogens with zero attached hydrogens (tertiary/aromatic N) is 3. The van der Waals surface area contributed by atoms with Gasteiger partial charge in [-0.25, -0.2) is 9.59 Å². The van der Waals surface area contributed by atoms with Crippen molar-refractivity contribution < 1.29 is 19.8 Å². The van der Waals surface area contributed by atoms with Crippen LogP contribution in [-0.2, 0) is 0 Å². The SMILES string of the molecule is O=C(O)c1cnn(C(=O)O)n1. The summed E-state index contributed by atoms with van der Waals surface area (Å²) in [6, 6.07) is 0. The van der Waals surface area contributed by atoms with Crippen LogP contribution in [-0.4, -0.2) is 37.3 Å². The molecule has 11 heavy (non-hydrogen) atoms. The van der Waals surface area contributed by atoms with Crippen LogP contribution in [0.25, 0.3) is 0 Å². The second-order valence-electron chi connectivity index (χ2n) is 1.61. The summed E-state index contributed by atoms with van der Waals surface area (Å²) in [5, 5.41) is 22.8. The van der Waals surface area contributed by atoms with E-state index in [1.807, 2.05) is 0 Å². The van der Waals surface area contributed by atoms with Crippen molar-refractivity contribution in [2.24, 2.45) is 0 Å². The van der Waals surface area contributed by atoms with Gasteiger partial charge < -0.3 is 10.2 Å². The predicted molar refractivity (Wildman–Crippen MR) is 30.4 cm³/mol. The van der Waals surface area contributed by atoms with E-state index >= 15 is 0 Å². The summed E-state index contributed by atoms with van der Waals surface area (Å²) in [4.78, 5) is 20.5.